The summed E-state index contributed by atoms with van der Waals surface area (Å²) in [6.45, 7) is 8.27. The van der Waals surface area contributed by atoms with Crippen molar-refractivity contribution < 1.29 is 0 Å². The molecule has 0 amide bonds. The highest BCUT2D eigenvalue weighted by atomic mass is 79.9. The van der Waals surface area contributed by atoms with Gasteiger partial charge in [0.05, 0.1) is 0 Å². The van der Waals surface area contributed by atoms with E-state index in [4.69, 9.17) is 0 Å². The van der Waals surface area contributed by atoms with Crippen molar-refractivity contribution in [3.05, 3.63) is 41.2 Å². The van der Waals surface area contributed by atoms with Gasteiger partial charge < -0.3 is 0 Å². The predicted molar refractivity (Wildman–Crippen MR) is 52.5 cm³/mol. The first-order chi connectivity index (χ1) is 5.00. The van der Waals surface area contributed by atoms with Gasteiger partial charge in [-0.2, -0.15) is 0 Å². The summed E-state index contributed by atoms with van der Waals surface area (Å²) >= 11 is 3.39. The van der Waals surface area contributed by atoms with Crippen molar-refractivity contribution in [2.45, 2.75) is 19.3 Å². The molecule has 0 bridgehead atoms. The zero-order chi connectivity index (χ0) is 8.48. The lowest BCUT2D eigenvalue weighted by molar-refractivity contribution is 0.665. The van der Waals surface area contributed by atoms with Gasteiger partial charge in [-0.15, -0.1) is 0 Å². The third kappa shape index (κ3) is 2.33. The maximum absolute atomic E-state index is 4.06. The van der Waals surface area contributed by atoms with Crippen LogP contribution in [0.25, 0.3) is 0 Å². The molecule has 0 aliphatic rings. The average Bonchev–Trinajstić information content (AvgIpc) is 1.86. The maximum Gasteiger partial charge on any atom is 0.0175 e. The van der Waals surface area contributed by atoms with Crippen LogP contribution in [0.4, 0.5) is 0 Å². The highest BCUT2D eigenvalue weighted by Gasteiger charge is 2.12. The van der Waals surface area contributed by atoms with E-state index in [1.165, 1.54) is 5.56 Å². The van der Waals surface area contributed by atoms with Gasteiger partial charge in [0.2, 0.25) is 0 Å². The van der Waals surface area contributed by atoms with E-state index in [2.05, 4.69) is 48.8 Å². The fourth-order valence-electron chi connectivity index (χ4n) is 0.901. The lowest BCUT2D eigenvalue weighted by Crippen LogP contribution is -2.10. The molecule has 0 unspecified atom stereocenters. The fraction of sp³-hybridized carbons (Fsp3) is 0.300. The summed E-state index contributed by atoms with van der Waals surface area (Å²) in [6.07, 6.45) is 0. The van der Waals surface area contributed by atoms with Crippen LogP contribution >= 0.6 is 15.9 Å². The van der Waals surface area contributed by atoms with Gasteiger partial charge in [-0.05, 0) is 30.0 Å². The normalized spacial score (nSPS) is 11.6. The molecule has 1 radical (unpaired) electrons. The number of hydrogen-bond acceptors (Lipinski definition) is 0. The highest BCUT2D eigenvalue weighted by Crippen LogP contribution is 2.22. The summed E-state index contributed by atoms with van der Waals surface area (Å²) in [6, 6.07) is 8.28. The molecule has 0 heterocycles. The molecule has 0 atom stereocenters. The van der Waals surface area contributed by atoms with Gasteiger partial charge in [-0.3, -0.25) is 0 Å². The summed E-state index contributed by atoms with van der Waals surface area (Å²) in [5, 5.41) is 0. The van der Waals surface area contributed by atoms with E-state index < -0.39 is 0 Å². The first-order valence-electron chi connectivity index (χ1n) is 3.61. The fourth-order valence-corrected chi connectivity index (χ4v) is 1.17. The molecule has 1 aromatic carbocycles. The van der Waals surface area contributed by atoms with Crippen LogP contribution in [0, 0.1) is 6.92 Å². The van der Waals surface area contributed by atoms with Crippen LogP contribution in [0.3, 0.4) is 0 Å². The molecule has 0 aliphatic heterocycles. The van der Waals surface area contributed by atoms with Crippen molar-refractivity contribution in [2.24, 2.45) is 0 Å². The van der Waals surface area contributed by atoms with Crippen molar-refractivity contribution in [2.75, 3.05) is 0 Å². The Morgan fingerprint density at radius 1 is 1.18 bits per heavy atom. The molecule has 59 valence electrons. The van der Waals surface area contributed by atoms with Crippen LogP contribution in [-0.2, 0) is 5.41 Å². The summed E-state index contributed by atoms with van der Waals surface area (Å²) in [7, 11) is 0. The number of hydrogen-bond donors (Lipinski definition) is 0. The van der Waals surface area contributed by atoms with Gasteiger partial charge in [0, 0.05) is 4.47 Å². The van der Waals surface area contributed by atoms with Crippen molar-refractivity contribution in [3.8, 4) is 0 Å². The van der Waals surface area contributed by atoms with Crippen molar-refractivity contribution >= 4 is 15.9 Å². The lowest BCUT2D eigenvalue weighted by atomic mass is 9.87. The molecule has 0 aliphatic carbocycles. The maximum atomic E-state index is 4.06. The van der Waals surface area contributed by atoms with Crippen molar-refractivity contribution in [1.29, 1.82) is 0 Å². The molecule has 1 heteroatoms. The van der Waals surface area contributed by atoms with Crippen LogP contribution in [0.2, 0.25) is 0 Å². The molecule has 0 spiro atoms. The molecule has 0 fully saturated rings. The number of halogens is 1. The standard InChI is InChI=1S/C10H12Br/c1-10(2,3)8-4-6-9(11)7-5-8/h4-7H,1H2,2-3H3. The van der Waals surface area contributed by atoms with E-state index in [-0.39, 0.29) is 5.41 Å². The molecule has 0 N–H and O–H groups in total. The molecule has 1 rings (SSSR count). The molecule has 1 aromatic rings. The zero-order valence-corrected chi connectivity index (χ0v) is 8.48. The van der Waals surface area contributed by atoms with Crippen molar-refractivity contribution in [1.82, 2.24) is 0 Å². The average molecular weight is 212 g/mol. The molecule has 11 heavy (non-hydrogen) atoms. The number of benzene rings is 1. The molecular formula is C10H12Br. The Kier molecular flexibility index (Phi) is 2.38. The third-order valence-corrected chi connectivity index (χ3v) is 2.15. The van der Waals surface area contributed by atoms with E-state index in [1.54, 1.807) is 0 Å². The summed E-state index contributed by atoms with van der Waals surface area (Å²) in [5.41, 5.74) is 1.28. The van der Waals surface area contributed by atoms with Gasteiger partial charge in [-0.1, -0.05) is 41.9 Å². The summed E-state index contributed by atoms with van der Waals surface area (Å²) < 4.78 is 1.12. The molecule has 0 nitrogen and oxygen atoms in total. The largest absolute Gasteiger partial charge is 0.0574 e. The summed E-state index contributed by atoms with van der Waals surface area (Å²) in [5.74, 6) is 0. The second kappa shape index (κ2) is 2.98. The first-order valence-corrected chi connectivity index (χ1v) is 4.41. The van der Waals surface area contributed by atoms with Crippen LogP contribution in [0.5, 0.6) is 0 Å². The monoisotopic (exact) mass is 211 g/mol. The van der Waals surface area contributed by atoms with Crippen LogP contribution in [-0.4, -0.2) is 0 Å². The van der Waals surface area contributed by atoms with Crippen LogP contribution in [0.15, 0.2) is 28.7 Å². The Morgan fingerprint density at radius 3 is 2.00 bits per heavy atom. The second-order valence-electron chi connectivity index (χ2n) is 3.39. The van der Waals surface area contributed by atoms with Gasteiger partial charge in [-0.25, -0.2) is 0 Å². The molecular weight excluding hydrogens is 200 g/mol. The topological polar surface area (TPSA) is 0 Å². The Bertz CT molecular complexity index is 228. The zero-order valence-electron chi connectivity index (χ0n) is 6.89. The van der Waals surface area contributed by atoms with E-state index in [9.17, 15) is 0 Å². The Morgan fingerprint density at radius 2 is 1.64 bits per heavy atom. The van der Waals surface area contributed by atoms with Crippen LogP contribution in [0.1, 0.15) is 19.4 Å². The van der Waals surface area contributed by atoms with Gasteiger partial charge >= 0.3 is 0 Å². The smallest absolute Gasteiger partial charge is 0.0175 e. The first kappa shape index (κ1) is 8.79. The van der Waals surface area contributed by atoms with E-state index in [0.29, 0.717) is 0 Å². The SMILES string of the molecule is [CH2]C(C)(C)c1ccc(Br)cc1. The van der Waals surface area contributed by atoms with E-state index in [0.717, 1.165) is 4.47 Å². The van der Waals surface area contributed by atoms with Gasteiger partial charge in [0.15, 0.2) is 0 Å². The third-order valence-electron chi connectivity index (χ3n) is 1.63. The van der Waals surface area contributed by atoms with Gasteiger partial charge in [0.25, 0.3) is 0 Å². The quantitative estimate of drug-likeness (QED) is 0.667. The lowest BCUT2D eigenvalue weighted by Gasteiger charge is -2.18. The summed E-state index contributed by atoms with van der Waals surface area (Å²) in [4.78, 5) is 0. The highest BCUT2D eigenvalue weighted by molar-refractivity contribution is 9.10. The predicted octanol–water partition coefficient (Wildman–Crippen LogP) is 3.56. The van der Waals surface area contributed by atoms with Crippen molar-refractivity contribution in [3.63, 3.8) is 0 Å². The molecule has 0 saturated carbocycles. The minimum atomic E-state index is 0.0146. The minimum Gasteiger partial charge on any atom is -0.0574 e. The minimum absolute atomic E-state index is 0.0146. The number of rotatable bonds is 1. The van der Waals surface area contributed by atoms with Gasteiger partial charge in [0.1, 0.15) is 0 Å². The van der Waals surface area contributed by atoms with E-state index in [1.807, 2.05) is 12.1 Å². The Labute approximate surface area is 76.8 Å². The second-order valence-corrected chi connectivity index (χ2v) is 4.31. The molecule has 0 saturated heterocycles. The Balaban J connectivity index is 2.99. The van der Waals surface area contributed by atoms with Crippen LogP contribution < -0.4 is 0 Å². The Hall–Kier alpha value is -0.300. The van der Waals surface area contributed by atoms with E-state index >= 15 is 0 Å². The molecule has 0 aromatic heterocycles.